The van der Waals surface area contributed by atoms with Crippen molar-refractivity contribution in [2.45, 2.75) is 37.1 Å². The molecule has 0 spiro atoms. The van der Waals surface area contributed by atoms with Crippen molar-refractivity contribution in [2.24, 2.45) is 11.7 Å². The summed E-state index contributed by atoms with van der Waals surface area (Å²) in [5.74, 6) is -0.394. The van der Waals surface area contributed by atoms with Gasteiger partial charge in [-0.3, -0.25) is 0 Å². The normalized spacial score (nSPS) is 22.9. The van der Waals surface area contributed by atoms with Crippen LogP contribution in [0.15, 0.2) is 27.6 Å². The number of hydrogen-bond acceptors (Lipinski definition) is 3. The SMILES string of the molecule is CCN(C1CCCC1CN)S(=O)(=O)c1ccc(Br)c(F)c1. The van der Waals surface area contributed by atoms with Crippen LogP contribution in [-0.4, -0.2) is 31.9 Å². The van der Waals surface area contributed by atoms with Gasteiger partial charge in [0, 0.05) is 12.6 Å². The predicted octanol–water partition coefficient (Wildman–Crippen LogP) is 2.73. The third-order valence-corrected chi connectivity index (χ3v) is 6.74. The van der Waals surface area contributed by atoms with Gasteiger partial charge in [-0.25, -0.2) is 12.8 Å². The summed E-state index contributed by atoms with van der Waals surface area (Å²) in [6, 6.07) is 3.83. The molecule has 0 aromatic heterocycles. The molecule has 1 aliphatic carbocycles. The van der Waals surface area contributed by atoms with Crippen molar-refractivity contribution in [1.29, 1.82) is 0 Å². The average molecular weight is 379 g/mol. The molecule has 1 aliphatic rings. The molecule has 21 heavy (non-hydrogen) atoms. The summed E-state index contributed by atoms with van der Waals surface area (Å²) in [5.41, 5.74) is 5.75. The molecule has 1 fully saturated rings. The summed E-state index contributed by atoms with van der Waals surface area (Å²) >= 11 is 3.04. The number of halogens is 2. The van der Waals surface area contributed by atoms with E-state index in [9.17, 15) is 12.8 Å². The maximum Gasteiger partial charge on any atom is 0.243 e. The van der Waals surface area contributed by atoms with E-state index in [1.165, 1.54) is 16.4 Å². The Labute approximate surface area is 133 Å². The second-order valence-corrected chi connectivity index (χ2v) is 8.02. The second kappa shape index (κ2) is 6.73. The molecular weight excluding hydrogens is 359 g/mol. The number of hydrogen-bond donors (Lipinski definition) is 1. The zero-order valence-electron chi connectivity index (χ0n) is 11.9. The lowest BCUT2D eigenvalue weighted by atomic mass is 10.0. The lowest BCUT2D eigenvalue weighted by Crippen LogP contribution is -2.44. The highest BCUT2D eigenvalue weighted by atomic mass is 79.9. The Kier molecular flexibility index (Phi) is 5.40. The van der Waals surface area contributed by atoms with Crippen LogP contribution in [0.3, 0.4) is 0 Å². The summed E-state index contributed by atoms with van der Waals surface area (Å²) in [6.45, 7) is 2.64. The fraction of sp³-hybridized carbons (Fsp3) is 0.571. The van der Waals surface area contributed by atoms with E-state index in [0.717, 1.165) is 25.3 Å². The lowest BCUT2D eigenvalue weighted by molar-refractivity contribution is 0.276. The lowest BCUT2D eigenvalue weighted by Gasteiger charge is -2.30. The van der Waals surface area contributed by atoms with Gasteiger partial charge in [-0.15, -0.1) is 0 Å². The Hall–Kier alpha value is -0.500. The van der Waals surface area contributed by atoms with E-state index in [1.807, 2.05) is 0 Å². The van der Waals surface area contributed by atoms with E-state index in [1.54, 1.807) is 6.92 Å². The van der Waals surface area contributed by atoms with Gasteiger partial charge in [0.15, 0.2) is 0 Å². The highest BCUT2D eigenvalue weighted by Gasteiger charge is 2.37. The van der Waals surface area contributed by atoms with Crippen LogP contribution in [0.5, 0.6) is 0 Å². The molecule has 0 aliphatic heterocycles. The van der Waals surface area contributed by atoms with E-state index in [2.05, 4.69) is 15.9 Å². The van der Waals surface area contributed by atoms with Crippen LogP contribution in [0.2, 0.25) is 0 Å². The highest BCUT2D eigenvalue weighted by Crippen LogP contribution is 2.33. The first-order valence-electron chi connectivity index (χ1n) is 7.08. The van der Waals surface area contributed by atoms with E-state index in [-0.39, 0.29) is 21.3 Å². The van der Waals surface area contributed by atoms with Crippen molar-refractivity contribution in [1.82, 2.24) is 4.31 Å². The average Bonchev–Trinajstić information content (AvgIpc) is 2.90. The minimum absolute atomic E-state index is 0.00674. The van der Waals surface area contributed by atoms with Crippen LogP contribution in [0.25, 0.3) is 0 Å². The third-order valence-electron chi connectivity index (χ3n) is 4.10. The Morgan fingerprint density at radius 3 is 2.71 bits per heavy atom. The van der Waals surface area contributed by atoms with Gasteiger partial charge in [-0.2, -0.15) is 4.31 Å². The van der Waals surface area contributed by atoms with Gasteiger partial charge in [0.2, 0.25) is 10.0 Å². The molecule has 0 bridgehead atoms. The molecule has 2 N–H and O–H groups in total. The van der Waals surface area contributed by atoms with Gasteiger partial charge in [0.05, 0.1) is 9.37 Å². The molecule has 1 saturated carbocycles. The monoisotopic (exact) mass is 378 g/mol. The maximum atomic E-state index is 13.6. The Bertz CT molecular complexity index is 609. The number of nitrogens with zero attached hydrogens (tertiary/aromatic N) is 1. The summed E-state index contributed by atoms with van der Waals surface area (Å²) in [5, 5.41) is 0. The Balaban J connectivity index is 2.37. The summed E-state index contributed by atoms with van der Waals surface area (Å²) in [6.07, 6.45) is 2.74. The summed E-state index contributed by atoms with van der Waals surface area (Å²) < 4.78 is 40.9. The fourth-order valence-corrected chi connectivity index (χ4v) is 5.01. The van der Waals surface area contributed by atoms with Crippen LogP contribution in [0, 0.1) is 11.7 Å². The minimum Gasteiger partial charge on any atom is -0.330 e. The summed E-state index contributed by atoms with van der Waals surface area (Å²) in [7, 11) is -3.70. The quantitative estimate of drug-likeness (QED) is 0.856. The van der Waals surface area contributed by atoms with Crippen molar-refractivity contribution < 1.29 is 12.8 Å². The van der Waals surface area contributed by atoms with E-state index >= 15 is 0 Å². The Morgan fingerprint density at radius 1 is 1.43 bits per heavy atom. The van der Waals surface area contributed by atoms with Gasteiger partial charge in [0.1, 0.15) is 5.82 Å². The predicted molar refractivity (Wildman–Crippen MR) is 83.8 cm³/mol. The van der Waals surface area contributed by atoms with Crippen molar-refractivity contribution in [3.8, 4) is 0 Å². The Morgan fingerprint density at radius 2 is 2.14 bits per heavy atom. The van der Waals surface area contributed by atoms with E-state index < -0.39 is 15.8 Å². The molecule has 0 heterocycles. The van der Waals surface area contributed by atoms with E-state index in [0.29, 0.717) is 13.1 Å². The van der Waals surface area contributed by atoms with Gasteiger partial charge in [-0.05, 0) is 59.4 Å². The van der Waals surface area contributed by atoms with Crippen molar-refractivity contribution in [2.75, 3.05) is 13.1 Å². The smallest absolute Gasteiger partial charge is 0.243 e. The molecule has 0 amide bonds. The van der Waals surface area contributed by atoms with Gasteiger partial charge >= 0.3 is 0 Å². The van der Waals surface area contributed by atoms with Crippen LogP contribution in [-0.2, 0) is 10.0 Å². The maximum absolute atomic E-state index is 13.6. The van der Waals surface area contributed by atoms with Crippen LogP contribution in [0.1, 0.15) is 26.2 Å². The topological polar surface area (TPSA) is 63.4 Å². The molecule has 2 atom stereocenters. The standard InChI is InChI=1S/C14H20BrFN2O2S/c1-2-18(14-5-3-4-10(14)9-17)21(19,20)11-6-7-12(15)13(16)8-11/h6-8,10,14H,2-5,9,17H2,1H3. The number of rotatable bonds is 5. The highest BCUT2D eigenvalue weighted by molar-refractivity contribution is 9.10. The van der Waals surface area contributed by atoms with Crippen LogP contribution < -0.4 is 5.73 Å². The minimum atomic E-state index is -3.70. The van der Waals surface area contributed by atoms with Gasteiger partial charge in [0.25, 0.3) is 0 Å². The molecule has 0 saturated heterocycles. The zero-order chi connectivity index (χ0) is 15.6. The van der Waals surface area contributed by atoms with Crippen molar-refractivity contribution >= 4 is 26.0 Å². The zero-order valence-corrected chi connectivity index (χ0v) is 14.3. The number of benzene rings is 1. The summed E-state index contributed by atoms with van der Waals surface area (Å²) in [4.78, 5) is -0.00674. The number of sulfonamides is 1. The number of nitrogens with two attached hydrogens (primary N) is 1. The van der Waals surface area contributed by atoms with E-state index in [4.69, 9.17) is 5.73 Å². The molecule has 2 rings (SSSR count). The largest absolute Gasteiger partial charge is 0.330 e. The molecular formula is C14H20BrFN2O2S. The molecule has 0 radical (unpaired) electrons. The third kappa shape index (κ3) is 3.31. The fourth-order valence-electron chi connectivity index (χ4n) is 3.03. The van der Waals surface area contributed by atoms with Gasteiger partial charge < -0.3 is 5.73 Å². The van der Waals surface area contributed by atoms with Crippen molar-refractivity contribution in [3.05, 3.63) is 28.5 Å². The first kappa shape index (κ1) is 16.9. The van der Waals surface area contributed by atoms with Gasteiger partial charge in [-0.1, -0.05) is 13.3 Å². The molecule has 4 nitrogen and oxygen atoms in total. The van der Waals surface area contributed by atoms with Crippen LogP contribution >= 0.6 is 15.9 Å². The first-order chi connectivity index (χ1) is 9.91. The molecule has 1 aromatic carbocycles. The first-order valence-corrected chi connectivity index (χ1v) is 9.32. The van der Waals surface area contributed by atoms with Crippen LogP contribution in [0.4, 0.5) is 4.39 Å². The molecule has 1 aromatic rings. The second-order valence-electron chi connectivity index (χ2n) is 5.28. The molecule has 2 unspecified atom stereocenters. The van der Waals surface area contributed by atoms with Crippen molar-refractivity contribution in [3.63, 3.8) is 0 Å². The molecule has 118 valence electrons. The molecule has 7 heteroatoms.